The second kappa shape index (κ2) is 5.69. The molecule has 0 spiro atoms. The summed E-state index contributed by atoms with van der Waals surface area (Å²) in [5.41, 5.74) is 3.54. The van der Waals surface area contributed by atoms with Crippen LogP contribution in [0.5, 0.6) is 0 Å². The highest BCUT2D eigenvalue weighted by molar-refractivity contribution is 4.67. The third kappa shape index (κ3) is 3.23. The lowest BCUT2D eigenvalue weighted by molar-refractivity contribution is 0.146. The molecule has 3 nitrogen and oxygen atoms in total. The summed E-state index contributed by atoms with van der Waals surface area (Å²) in [6.45, 7) is 7.51. The lowest BCUT2D eigenvalue weighted by atomic mass is 10.2. The molecular formula is C11H23N3. The van der Waals surface area contributed by atoms with Gasteiger partial charge in [-0.1, -0.05) is 6.42 Å². The minimum atomic E-state index is 1.14. The fourth-order valence-electron chi connectivity index (χ4n) is 2.42. The van der Waals surface area contributed by atoms with E-state index in [1.165, 1.54) is 64.8 Å². The Kier molecular flexibility index (Phi) is 4.22. The number of hydrogen-bond donors (Lipinski definition) is 1. The minimum Gasteiger partial charge on any atom is -0.302 e. The van der Waals surface area contributed by atoms with Crippen LogP contribution in [0.25, 0.3) is 0 Å². The molecule has 3 heteroatoms. The first-order valence-electron chi connectivity index (χ1n) is 6.16. The van der Waals surface area contributed by atoms with Crippen molar-refractivity contribution in [2.24, 2.45) is 0 Å². The van der Waals surface area contributed by atoms with Gasteiger partial charge < -0.3 is 4.90 Å². The molecule has 0 aromatic heterocycles. The van der Waals surface area contributed by atoms with Crippen molar-refractivity contribution in [3.63, 3.8) is 0 Å². The van der Waals surface area contributed by atoms with Gasteiger partial charge in [0, 0.05) is 26.2 Å². The van der Waals surface area contributed by atoms with E-state index in [4.69, 9.17) is 0 Å². The van der Waals surface area contributed by atoms with Gasteiger partial charge in [-0.05, 0) is 38.8 Å². The smallest absolute Gasteiger partial charge is 0.0230 e. The van der Waals surface area contributed by atoms with E-state index >= 15 is 0 Å². The van der Waals surface area contributed by atoms with Crippen LogP contribution < -0.4 is 5.43 Å². The van der Waals surface area contributed by atoms with E-state index in [-0.39, 0.29) is 0 Å². The molecule has 1 N–H and O–H groups in total. The van der Waals surface area contributed by atoms with Crippen molar-refractivity contribution in [2.45, 2.75) is 32.1 Å². The highest BCUT2D eigenvalue weighted by Gasteiger charge is 2.12. The first-order chi connectivity index (χ1) is 6.95. The SMILES string of the molecule is C1CCN(NCCN2CCCC2)CC1. The summed E-state index contributed by atoms with van der Waals surface area (Å²) in [6, 6.07) is 0. The molecule has 0 aliphatic carbocycles. The van der Waals surface area contributed by atoms with Crippen LogP contribution in [0.3, 0.4) is 0 Å². The third-order valence-electron chi connectivity index (χ3n) is 3.32. The largest absolute Gasteiger partial charge is 0.302 e. The van der Waals surface area contributed by atoms with Crippen molar-refractivity contribution in [3.05, 3.63) is 0 Å². The number of hydrazine groups is 1. The average Bonchev–Trinajstić information content (AvgIpc) is 2.72. The molecule has 0 bridgehead atoms. The molecule has 0 atom stereocenters. The number of nitrogens with zero attached hydrogens (tertiary/aromatic N) is 2. The number of likely N-dealkylation sites (tertiary alicyclic amines) is 1. The van der Waals surface area contributed by atoms with E-state index in [1.807, 2.05) is 0 Å². The predicted molar refractivity (Wildman–Crippen MR) is 59.1 cm³/mol. The first kappa shape index (κ1) is 10.4. The van der Waals surface area contributed by atoms with E-state index in [0.717, 1.165) is 6.54 Å². The summed E-state index contributed by atoms with van der Waals surface area (Å²) in [6.07, 6.45) is 6.98. The predicted octanol–water partition coefficient (Wildman–Crippen LogP) is 1.07. The number of hydrogen-bond acceptors (Lipinski definition) is 3. The number of piperidine rings is 1. The lowest BCUT2D eigenvalue weighted by Crippen LogP contribution is -2.44. The summed E-state index contributed by atoms with van der Waals surface area (Å²) >= 11 is 0. The molecule has 0 amide bonds. The van der Waals surface area contributed by atoms with Gasteiger partial charge in [0.25, 0.3) is 0 Å². The second-order valence-corrected chi connectivity index (χ2v) is 4.50. The summed E-state index contributed by atoms with van der Waals surface area (Å²) < 4.78 is 0. The molecule has 0 aromatic carbocycles. The molecule has 2 aliphatic rings. The molecule has 82 valence electrons. The molecule has 2 rings (SSSR count). The Balaban J connectivity index is 1.52. The fourth-order valence-corrected chi connectivity index (χ4v) is 2.42. The van der Waals surface area contributed by atoms with Crippen LogP contribution in [0, 0.1) is 0 Å². The maximum atomic E-state index is 3.54. The van der Waals surface area contributed by atoms with Crippen LogP contribution in [0.15, 0.2) is 0 Å². The molecule has 2 fully saturated rings. The summed E-state index contributed by atoms with van der Waals surface area (Å²) in [5.74, 6) is 0. The number of rotatable bonds is 4. The van der Waals surface area contributed by atoms with E-state index < -0.39 is 0 Å². The summed E-state index contributed by atoms with van der Waals surface area (Å²) in [4.78, 5) is 2.57. The van der Waals surface area contributed by atoms with Crippen molar-refractivity contribution in [3.8, 4) is 0 Å². The maximum Gasteiger partial charge on any atom is 0.0230 e. The van der Waals surface area contributed by atoms with Gasteiger partial charge in [-0.15, -0.1) is 0 Å². The van der Waals surface area contributed by atoms with Gasteiger partial charge in [0.05, 0.1) is 0 Å². The van der Waals surface area contributed by atoms with Gasteiger partial charge in [0.15, 0.2) is 0 Å². The topological polar surface area (TPSA) is 18.5 Å². The average molecular weight is 197 g/mol. The van der Waals surface area contributed by atoms with Crippen LogP contribution in [-0.4, -0.2) is 49.2 Å². The molecule has 2 aliphatic heterocycles. The molecule has 2 saturated heterocycles. The zero-order valence-corrected chi connectivity index (χ0v) is 9.17. The normalized spacial score (nSPS) is 25.7. The zero-order chi connectivity index (χ0) is 9.64. The van der Waals surface area contributed by atoms with Gasteiger partial charge in [-0.3, -0.25) is 5.43 Å². The number of nitrogens with one attached hydrogen (secondary N) is 1. The molecule has 0 saturated carbocycles. The lowest BCUT2D eigenvalue weighted by Gasteiger charge is -2.28. The van der Waals surface area contributed by atoms with E-state index in [9.17, 15) is 0 Å². The van der Waals surface area contributed by atoms with Crippen molar-refractivity contribution in [2.75, 3.05) is 39.3 Å². The van der Waals surface area contributed by atoms with Crippen molar-refractivity contribution in [1.29, 1.82) is 0 Å². The third-order valence-corrected chi connectivity index (χ3v) is 3.32. The Hall–Kier alpha value is -0.120. The monoisotopic (exact) mass is 197 g/mol. The van der Waals surface area contributed by atoms with Crippen LogP contribution >= 0.6 is 0 Å². The van der Waals surface area contributed by atoms with Crippen LogP contribution in [-0.2, 0) is 0 Å². The molecule has 0 aromatic rings. The highest BCUT2D eigenvalue weighted by atomic mass is 15.5. The Morgan fingerprint density at radius 1 is 0.786 bits per heavy atom. The van der Waals surface area contributed by atoms with E-state index in [0.29, 0.717) is 0 Å². The first-order valence-corrected chi connectivity index (χ1v) is 6.16. The van der Waals surface area contributed by atoms with Gasteiger partial charge in [0.1, 0.15) is 0 Å². The quantitative estimate of drug-likeness (QED) is 0.727. The van der Waals surface area contributed by atoms with Gasteiger partial charge >= 0.3 is 0 Å². The van der Waals surface area contributed by atoms with Crippen LogP contribution in [0.4, 0.5) is 0 Å². The van der Waals surface area contributed by atoms with Crippen molar-refractivity contribution in [1.82, 2.24) is 15.3 Å². The summed E-state index contributed by atoms with van der Waals surface area (Å²) in [5, 5.41) is 2.40. The zero-order valence-electron chi connectivity index (χ0n) is 9.17. The van der Waals surface area contributed by atoms with Crippen LogP contribution in [0.2, 0.25) is 0 Å². The molecule has 0 unspecified atom stereocenters. The van der Waals surface area contributed by atoms with Gasteiger partial charge in [-0.2, -0.15) is 0 Å². The Morgan fingerprint density at radius 2 is 1.43 bits per heavy atom. The van der Waals surface area contributed by atoms with Gasteiger partial charge in [-0.25, -0.2) is 5.01 Å². The van der Waals surface area contributed by atoms with Crippen molar-refractivity contribution < 1.29 is 0 Å². The molecule has 14 heavy (non-hydrogen) atoms. The van der Waals surface area contributed by atoms with Crippen LogP contribution in [0.1, 0.15) is 32.1 Å². The van der Waals surface area contributed by atoms with Crippen molar-refractivity contribution >= 4 is 0 Å². The summed E-state index contributed by atoms with van der Waals surface area (Å²) in [7, 11) is 0. The maximum absolute atomic E-state index is 3.54. The Bertz CT molecular complexity index is 149. The molecular weight excluding hydrogens is 174 g/mol. The highest BCUT2D eigenvalue weighted by Crippen LogP contribution is 2.07. The van der Waals surface area contributed by atoms with E-state index in [2.05, 4.69) is 15.3 Å². The van der Waals surface area contributed by atoms with Gasteiger partial charge in [0.2, 0.25) is 0 Å². The molecule has 0 radical (unpaired) electrons. The van der Waals surface area contributed by atoms with E-state index in [1.54, 1.807) is 0 Å². The Labute approximate surface area is 87.4 Å². The second-order valence-electron chi connectivity index (χ2n) is 4.50. The standard InChI is InChI=1S/C11H23N3/c1-2-9-14(10-3-1)12-6-11-13-7-4-5-8-13/h12H,1-11H2. The fraction of sp³-hybridized carbons (Fsp3) is 1.00. The molecule has 2 heterocycles. The minimum absolute atomic E-state index is 1.14. The Morgan fingerprint density at radius 3 is 2.14 bits per heavy atom.